The number of amides is 1. The number of aromatic nitrogens is 1. The molecule has 3 heterocycles. The first-order valence-electron chi connectivity index (χ1n) is 8.52. The van der Waals surface area contributed by atoms with Crippen molar-refractivity contribution in [2.24, 2.45) is 0 Å². The molecule has 0 bridgehead atoms. The van der Waals surface area contributed by atoms with Crippen molar-refractivity contribution in [3.8, 4) is 0 Å². The van der Waals surface area contributed by atoms with Crippen molar-refractivity contribution in [3.05, 3.63) is 75.2 Å². The van der Waals surface area contributed by atoms with Crippen molar-refractivity contribution in [2.45, 2.75) is 17.9 Å². The zero-order valence-electron chi connectivity index (χ0n) is 14.6. The first-order chi connectivity index (χ1) is 13.4. The van der Waals surface area contributed by atoms with E-state index in [4.69, 9.17) is 11.6 Å². The van der Waals surface area contributed by atoms with Crippen LogP contribution in [0.2, 0.25) is 5.15 Å². The Morgan fingerprint density at radius 1 is 1.21 bits per heavy atom. The Hall–Kier alpha value is -2.26. The average molecular weight is 434 g/mol. The highest BCUT2D eigenvalue weighted by Crippen LogP contribution is 2.29. The van der Waals surface area contributed by atoms with Crippen LogP contribution in [0.4, 0.5) is 5.69 Å². The lowest BCUT2D eigenvalue weighted by Crippen LogP contribution is -2.35. The SMILES string of the molecule is O=C(Nc1cccc(S(=O)(=O)N2CCc3sccc3C2)c1)c1cccnc1Cl. The summed E-state index contributed by atoms with van der Waals surface area (Å²) in [7, 11) is -3.67. The normalized spacial score (nSPS) is 14.5. The number of anilines is 1. The van der Waals surface area contributed by atoms with Gasteiger partial charge in [-0.1, -0.05) is 17.7 Å². The molecule has 4 rings (SSSR count). The van der Waals surface area contributed by atoms with Gasteiger partial charge in [0.15, 0.2) is 0 Å². The Bertz CT molecular complexity index is 1140. The van der Waals surface area contributed by atoms with Crippen molar-refractivity contribution >= 4 is 44.6 Å². The third-order valence-electron chi connectivity index (χ3n) is 4.51. The highest BCUT2D eigenvalue weighted by atomic mass is 35.5. The van der Waals surface area contributed by atoms with Crippen LogP contribution in [0.15, 0.2) is 58.9 Å². The third-order valence-corrected chi connectivity index (χ3v) is 7.67. The molecule has 0 aliphatic carbocycles. The highest BCUT2D eigenvalue weighted by molar-refractivity contribution is 7.89. The van der Waals surface area contributed by atoms with Gasteiger partial charge in [0, 0.05) is 29.9 Å². The summed E-state index contributed by atoms with van der Waals surface area (Å²) < 4.78 is 27.6. The molecule has 0 atom stereocenters. The predicted molar refractivity (Wildman–Crippen MR) is 109 cm³/mol. The van der Waals surface area contributed by atoms with Gasteiger partial charge in [-0.2, -0.15) is 4.31 Å². The van der Waals surface area contributed by atoms with E-state index in [9.17, 15) is 13.2 Å². The molecule has 1 aromatic carbocycles. The smallest absolute Gasteiger partial charge is 0.258 e. The van der Waals surface area contributed by atoms with E-state index < -0.39 is 15.9 Å². The molecule has 0 spiro atoms. The Morgan fingerprint density at radius 2 is 2.07 bits per heavy atom. The predicted octanol–water partition coefficient (Wildman–Crippen LogP) is 3.80. The fourth-order valence-electron chi connectivity index (χ4n) is 3.06. The number of rotatable bonds is 4. The van der Waals surface area contributed by atoms with Gasteiger partial charge in [0.05, 0.1) is 10.5 Å². The Balaban J connectivity index is 1.57. The number of nitrogens with zero attached hydrogens (tertiary/aromatic N) is 2. The Kier molecular flexibility index (Phi) is 5.20. The average Bonchev–Trinajstić information content (AvgIpc) is 3.16. The number of hydrogen-bond acceptors (Lipinski definition) is 5. The van der Waals surface area contributed by atoms with E-state index in [0.29, 0.717) is 25.2 Å². The summed E-state index contributed by atoms with van der Waals surface area (Å²) in [5, 5.41) is 4.75. The van der Waals surface area contributed by atoms with E-state index in [1.165, 1.54) is 27.5 Å². The van der Waals surface area contributed by atoms with Crippen LogP contribution in [0, 0.1) is 0 Å². The number of hydrogen-bond donors (Lipinski definition) is 1. The van der Waals surface area contributed by atoms with Crippen molar-refractivity contribution < 1.29 is 13.2 Å². The first-order valence-corrected chi connectivity index (χ1v) is 11.2. The van der Waals surface area contributed by atoms with Crippen LogP contribution in [0.25, 0.3) is 0 Å². The molecule has 0 saturated heterocycles. The minimum atomic E-state index is -3.67. The van der Waals surface area contributed by atoms with Gasteiger partial charge < -0.3 is 5.32 Å². The monoisotopic (exact) mass is 433 g/mol. The van der Waals surface area contributed by atoms with Crippen LogP contribution >= 0.6 is 22.9 Å². The van der Waals surface area contributed by atoms with E-state index in [1.807, 2.05) is 11.4 Å². The number of pyridine rings is 1. The molecule has 0 radical (unpaired) electrons. The van der Waals surface area contributed by atoms with Crippen molar-refractivity contribution in [1.29, 1.82) is 0 Å². The van der Waals surface area contributed by atoms with Crippen molar-refractivity contribution in [1.82, 2.24) is 9.29 Å². The lowest BCUT2D eigenvalue weighted by atomic mass is 10.1. The maximum atomic E-state index is 13.1. The van der Waals surface area contributed by atoms with Gasteiger partial charge >= 0.3 is 0 Å². The molecule has 0 fully saturated rings. The quantitative estimate of drug-likeness (QED) is 0.635. The maximum Gasteiger partial charge on any atom is 0.258 e. The molecule has 3 aromatic rings. The van der Waals surface area contributed by atoms with Crippen LogP contribution in [0.1, 0.15) is 20.8 Å². The van der Waals surface area contributed by atoms with Crippen molar-refractivity contribution in [2.75, 3.05) is 11.9 Å². The highest BCUT2D eigenvalue weighted by Gasteiger charge is 2.29. The molecule has 1 aliphatic heterocycles. The molecule has 28 heavy (non-hydrogen) atoms. The number of sulfonamides is 1. The summed E-state index contributed by atoms with van der Waals surface area (Å²) in [6, 6.07) is 11.4. The molecule has 9 heteroatoms. The molecule has 2 aromatic heterocycles. The van der Waals surface area contributed by atoms with Crippen LogP contribution < -0.4 is 5.32 Å². The lowest BCUT2D eigenvalue weighted by Gasteiger charge is -2.26. The summed E-state index contributed by atoms with van der Waals surface area (Å²) in [4.78, 5) is 17.7. The molecule has 1 amide bonds. The van der Waals surface area contributed by atoms with E-state index >= 15 is 0 Å². The second-order valence-corrected chi connectivity index (χ2v) is 9.58. The van der Waals surface area contributed by atoms with Crippen LogP contribution in [0.3, 0.4) is 0 Å². The zero-order chi connectivity index (χ0) is 19.7. The molecule has 1 N–H and O–H groups in total. The van der Waals surface area contributed by atoms with Gasteiger partial charge in [-0.15, -0.1) is 11.3 Å². The minimum absolute atomic E-state index is 0.0867. The number of carbonyl (C=O) groups excluding carboxylic acids is 1. The molecule has 1 aliphatic rings. The summed E-state index contributed by atoms with van der Waals surface area (Å²) in [5.74, 6) is -0.450. The maximum absolute atomic E-state index is 13.1. The van der Waals surface area contributed by atoms with Gasteiger partial charge in [0.1, 0.15) is 5.15 Å². The van der Waals surface area contributed by atoms with Gasteiger partial charge in [-0.05, 0) is 53.8 Å². The lowest BCUT2D eigenvalue weighted by molar-refractivity contribution is 0.102. The molecule has 0 saturated carbocycles. The number of benzene rings is 1. The van der Waals surface area contributed by atoms with Crippen LogP contribution in [0.5, 0.6) is 0 Å². The fraction of sp³-hybridized carbons (Fsp3) is 0.158. The Morgan fingerprint density at radius 3 is 2.89 bits per heavy atom. The van der Waals surface area contributed by atoms with Crippen LogP contribution in [-0.2, 0) is 23.0 Å². The number of carbonyl (C=O) groups is 1. The van der Waals surface area contributed by atoms with E-state index in [-0.39, 0.29) is 15.6 Å². The molecule has 6 nitrogen and oxygen atoms in total. The van der Waals surface area contributed by atoms with E-state index in [2.05, 4.69) is 10.3 Å². The van der Waals surface area contributed by atoms with E-state index in [1.54, 1.807) is 35.6 Å². The van der Waals surface area contributed by atoms with Crippen molar-refractivity contribution in [3.63, 3.8) is 0 Å². The number of halogens is 1. The Labute approximate surface area is 171 Å². The number of fused-ring (bicyclic) bond motifs is 1. The summed E-state index contributed by atoms with van der Waals surface area (Å²) in [6.45, 7) is 0.806. The fourth-order valence-corrected chi connectivity index (χ4v) is 5.63. The van der Waals surface area contributed by atoms with E-state index in [0.717, 1.165) is 5.56 Å². The molecule has 0 unspecified atom stereocenters. The topological polar surface area (TPSA) is 79.4 Å². The minimum Gasteiger partial charge on any atom is -0.322 e. The van der Waals surface area contributed by atoms with Crippen LogP contribution in [-0.4, -0.2) is 30.2 Å². The largest absolute Gasteiger partial charge is 0.322 e. The molecular weight excluding hydrogens is 418 g/mol. The molecule has 144 valence electrons. The number of thiophene rings is 1. The zero-order valence-corrected chi connectivity index (χ0v) is 17.0. The van der Waals surface area contributed by atoms with Gasteiger partial charge in [0.2, 0.25) is 10.0 Å². The van der Waals surface area contributed by atoms with Gasteiger partial charge in [0.25, 0.3) is 5.91 Å². The third kappa shape index (κ3) is 3.68. The second-order valence-electron chi connectivity index (χ2n) is 6.28. The summed E-state index contributed by atoms with van der Waals surface area (Å²) in [6.07, 6.45) is 2.20. The summed E-state index contributed by atoms with van der Waals surface area (Å²) >= 11 is 7.61. The first kappa shape index (κ1) is 19.1. The van der Waals surface area contributed by atoms with Gasteiger partial charge in [-0.3, -0.25) is 4.79 Å². The van der Waals surface area contributed by atoms with Gasteiger partial charge in [-0.25, -0.2) is 13.4 Å². The molecular formula is C19H16ClN3O3S2. The second kappa shape index (κ2) is 7.63. The standard InChI is InChI=1S/C19H16ClN3O3S2/c20-18-16(5-2-8-21-18)19(24)22-14-3-1-4-15(11-14)28(25,26)23-9-6-17-13(12-23)7-10-27-17/h1-5,7-8,10-11H,6,9,12H2,(H,22,24). The number of nitrogens with one attached hydrogen (secondary N) is 1. The summed E-state index contributed by atoms with van der Waals surface area (Å²) in [5.41, 5.74) is 1.65.